The van der Waals surface area contributed by atoms with E-state index in [4.69, 9.17) is 4.74 Å². The number of aliphatic hydroxyl groups is 1. The lowest BCUT2D eigenvalue weighted by Crippen LogP contribution is -2.44. The minimum absolute atomic E-state index is 0.209. The van der Waals surface area contributed by atoms with E-state index in [1.807, 2.05) is 12.1 Å². The predicted octanol–water partition coefficient (Wildman–Crippen LogP) is 1.59. The molecule has 1 fully saturated rings. The Morgan fingerprint density at radius 3 is 2.42 bits per heavy atom. The maximum Gasteiger partial charge on any atom is 0.337 e. The van der Waals surface area contributed by atoms with Crippen LogP contribution in [-0.4, -0.2) is 49.3 Å². The summed E-state index contributed by atoms with van der Waals surface area (Å²) < 4.78 is 4.75. The molecule has 1 aliphatic heterocycles. The number of amides is 1. The number of ether oxygens (including phenoxy) is 1. The first-order chi connectivity index (χ1) is 12.5. The van der Waals surface area contributed by atoms with Gasteiger partial charge in [0.15, 0.2) is 0 Å². The summed E-state index contributed by atoms with van der Waals surface area (Å²) >= 11 is 0. The van der Waals surface area contributed by atoms with Crippen LogP contribution in [0.4, 0.5) is 0 Å². The Hall–Kier alpha value is -2.70. The molecule has 0 saturated carbocycles. The Morgan fingerprint density at radius 1 is 1.15 bits per heavy atom. The van der Waals surface area contributed by atoms with Crippen molar-refractivity contribution in [3.05, 3.63) is 59.7 Å². The summed E-state index contributed by atoms with van der Waals surface area (Å²) in [6, 6.07) is 14.2. The van der Waals surface area contributed by atoms with Crippen LogP contribution in [0.1, 0.15) is 27.1 Å². The van der Waals surface area contributed by atoms with Crippen LogP contribution in [0, 0.1) is 0 Å². The van der Waals surface area contributed by atoms with Crippen LogP contribution in [0.15, 0.2) is 48.5 Å². The maximum absolute atomic E-state index is 12.4. The van der Waals surface area contributed by atoms with Crippen molar-refractivity contribution in [3.63, 3.8) is 0 Å². The average molecular weight is 354 g/mol. The van der Waals surface area contributed by atoms with Gasteiger partial charge in [0.05, 0.1) is 18.3 Å². The van der Waals surface area contributed by atoms with Gasteiger partial charge in [-0.15, -0.1) is 0 Å². The van der Waals surface area contributed by atoms with E-state index in [1.165, 1.54) is 7.11 Å². The summed E-state index contributed by atoms with van der Waals surface area (Å²) in [5.74, 6) is -0.643. The Labute approximate surface area is 152 Å². The van der Waals surface area contributed by atoms with Crippen LogP contribution in [-0.2, 0) is 4.74 Å². The van der Waals surface area contributed by atoms with Gasteiger partial charge in [0.2, 0.25) is 0 Å². The Morgan fingerprint density at radius 2 is 1.81 bits per heavy atom. The third-order valence-electron chi connectivity index (χ3n) is 4.54. The molecule has 1 unspecified atom stereocenters. The lowest BCUT2D eigenvalue weighted by molar-refractivity contribution is 0.0562. The van der Waals surface area contributed by atoms with Gasteiger partial charge in [-0.25, -0.2) is 4.79 Å². The number of hydrogen-bond donors (Lipinski definition) is 3. The fourth-order valence-electron chi connectivity index (χ4n) is 3.01. The van der Waals surface area contributed by atoms with Crippen LogP contribution in [0.25, 0.3) is 11.1 Å². The minimum atomic E-state index is -0.887. The monoisotopic (exact) mass is 354 g/mol. The molecule has 0 bridgehead atoms. The highest BCUT2D eigenvalue weighted by Gasteiger charge is 2.31. The molecule has 1 amide bonds. The van der Waals surface area contributed by atoms with E-state index in [0.29, 0.717) is 24.1 Å². The highest BCUT2D eigenvalue weighted by atomic mass is 16.5. The van der Waals surface area contributed by atoms with Crippen LogP contribution >= 0.6 is 0 Å². The first kappa shape index (κ1) is 18.1. The van der Waals surface area contributed by atoms with E-state index in [-0.39, 0.29) is 12.5 Å². The third-order valence-corrected chi connectivity index (χ3v) is 4.54. The third kappa shape index (κ3) is 4.09. The van der Waals surface area contributed by atoms with Gasteiger partial charge in [-0.3, -0.25) is 4.79 Å². The molecule has 3 N–H and O–H groups in total. The van der Waals surface area contributed by atoms with Crippen molar-refractivity contribution < 1.29 is 19.4 Å². The van der Waals surface area contributed by atoms with Crippen molar-refractivity contribution in [2.75, 3.05) is 26.7 Å². The van der Waals surface area contributed by atoms with Crippen molar-refractivity contribution in [1.29, 1.82) is 0 Å². The van der Waals surface area contributed by atoms with Crippen molar-refractivity contribution in [3.8, 4) is 11.1 Å². The molecule has 1 heterocycles. The second-order valence-corrected chi connectivity index (χ2v) is 6.49. The zero-order valence-corrected chi connectivity index (χ0v) is 14.6. The van der Waals surface area contributed by atoms with Crippen LogP contribution in [0.5, 0.6) is 0 Å². The van der Waals surface area contributed by atoms with E-state index < -0.39 is 11.6 Å². The van der Waals surface area contributed by atoms with E-state index in [0.717, 1.165) is 17.7 Å². The zero-order chi connectivity index (χ0) is 18.6. The van der Waals surface area contributed by atoms with Gasteiger partial charge < -0.3 is 20.5 Å². The molecule has 0 spiro atoms. The number of benzene rings is 2. The van der Waals surface area contributed by atoms with Gasteiger partial charge >= 0.3 is 5.97 Å². The molecule has 2 aromatic carbocycles. The van der Waals surface area contributed by atoms with Gasteiger partial charge in [0.25, 0.3) is 5.91 Å². The van der Waals surface area contributed by atoms with Gasteiger partial charge in [-0.05, 0) is 48.4 Å². The minimum Gasteiger partial charge on any atom is -0.465 e. The van der Waals surface area contributed by atoms with E-state index in [9.17, 15) is 14.7 Å². The van der Waals surface area contributed by atoms with Crippen LogP contribution in [0.2, 0.25) is 0 Å². The Balaban J connectivity index is 1.75. The summed E-state index contributed by atoms with van der Waals surface area (Å²) in [5.41, 5.74) is 1.71. The number of carbonyl (C=O) groups excluding carboxylic acids is 2. The number of rotatable bonds is 5. The second-order valence-electron chi connectivity index (χ2n) is 6.49. The molecular formula is C20H22N2O4. The molecule has 1 atom stereocenters. The smallest absolute Gasteiger partial charge is 0.337 e. The van der Waals surface area contributed by atoms with Gasteiger partial charge in [-0.2, -0.15) is 0 Å². The first-order valence-electron chi connectivity index (χ1n) is 8.51. The summed E-state index contributed by atoms with van der Waals surface area (Å²) in [7, 11) is 1.34. The number of esters is 1. The molecule has 26 heavy (non-hydrogen) atoms. The molecule has 6 heteroatoms. The van der Waals surface area contributed by atoms with Crippen molar-refractivity contribution in [2.45, 2.75) is 12.0 Å². The lowest BCUT2D eigenvalue weighted by Gasteiger charge is -2.21. The van der Waals surface area contributed by atoms with Crippen LogP contribution in [0.3, 0.4) is 0 Å². The van der Waals surface area contributed by atoms with Crippen molar-refractivity contribution in [1.82, 2.24) is 10.6 Å². The molecule has 136 valence electrons. The number of carbonyl (C=O) groups is 2. The fourth-order valence-corrected chi connectivity index (χ4v) is 3.01. The lowest BCUT2D eigenvalue weighted by atomic mass is 10.0. The molecule has 3 rings (SSSR count). The fraction of sp³-hybridized carbons (Fsp3) is 0.300. The molecular weight excluding hydrogens is 332 g/mol. The number of β-amino-alcohol motifs (C(OH)–C–C–N with tert-alkyl or cyclic N) is 1. The second kappa shape index (κ2) is 7.68. The first-order valence-corrected chi connectivity index (χ1v) is 8.51. The number of methoxy groups -OCH3 is 1. The van der Waals surface area contributed by atoms with Crippen molar-refractivity contribution >= 4 is 11.9 Å². The molecule has 6 nitrogen and oxygen atoms in total. The van der Waals surface area contributed by atoms with Gasteiger partial charge in [0, 0.05) is 18.7 Å². The number of hydrogen-bond acceptors (Lipinski definition) is 5. The van der Waals surface area contributed by atoms with Gasteiger partial charge in [0.1, 0.15) is 0 Å². The summed E-state index contributed by atoms with van der Waals surface area (Å²) in [5, 5.41) is 16.2. The standard InChI is InChI=1S/C20H22N2O4/c1-26-19(24)17-7-3-5-15(11-17)14-4-2-6-16(10-14)18(23)22-13-20(25)8-9-21-12-20/h2-7,10-11,21,25H,8-9,12-13H2,1H3,(H,22,23). The molecule has 2 aromatic rings. The largest absolute Gasteiger partial charge is 0.465 e. The molecule has 1 saturated heterocycles. The SMILES string of the molecule is COC(=O)c1cccc(-c2cccc(C(=O)NCC3(O)CCNC3)c2)c1. The molecule has 0 aliphatic carbocycles. The Bertz CT molecular complexity index is 813. The normalized spacial score (nSPS) is 19.2. The molecule has 0 aromatic heterocycles. The van der Waals surface area contributed by atoms with E-state index in [1.54, 1.807) is 36.4 Å². The molecule has 0 radical (unpaired) electrons. The highest BCUT2D eigenvalue weighted by Crippen LogP contribution is 2.22. The summed E-state index contributed by atoms with van der Waals surface area (Å²) in [6.07, 6.45) is 0.619. The van der Waals surface area contributed by atoms with E-state index >= 15 is 0 Å². The predicted molar refractivity (Wildman–Crippen MR) is 98.0 cm³/mol. The molecule has 1 aliphatic rings. The zero-order valence-electron chi connectivity index (χ0n) is 14.6. The van der Waals surface area contributed by atoms with Crippen LogP contribution < -0.4 is 10.6 Å². The average Bonchev–Trinajstić information content (AvgIpc) is 3.12. The summed E-state index contributed by atoms with van der Waals surface area (Å²) in [4.78, 5) is 24.1. The highest BCUT2D eigenvalue weighted by molar-refractivity contribution is 5.96. The van der Waals surface area contributed by atoms with Crippen molar-refractivity contribution in [2.24, 2.45) is 0 Å². The topological polar surface area (TPSA) is 87.7 Å². The summed E-state index contributed by atoms with van der Waals surface area (Å²) in [6.45, 7) is 1.44. The Kier molecular flexibility index (Phi) is 5.35. The number of nitrogens with one attached hydrogen (secondary N) is 2. The van der Waals surface area contributed by atoms with E-state index in [2.05, 4.69) is 10.6 Å². The quantitative estimate of drug-likeness (QED) is 0.710. The maximum atomic E-state index is 12.4. The van der Waals surface area contributed by atoms with Gasteiger partial charge in [-0.1, -0.05) is 24.3 Å².